The third-order valence-electron chi connectivity index (χ3n) is 4.06. The zero-order valence-electron chi connectivity index (χ0n) is 13.4. The molecule has 0 radical (unpaired) electrons. The molecule has 0 spiro atoms. The number of carbonyl (C=O) groups is 1. The van der Waals surface area contributed by atoms with Crippen molar-refractivity contribution in [2.75, 3.05) is 27.9 Å². The summed E-state index contributed by atoms with van der Waals surface area (Å²) in [4.78, 5) is 14.8. The summed E-state index contributed by atoms with van der Waals surface area (Å²) in [5.41, 5.74) is 0.531. The van der Waals surface area contributed by atoms with E-state index in [4.69, 9.17) is 14.2 Å². The summed E-state index contributed by atoms with van der Waals surface area (Å²) >= 11 is 3.48. The van der Waals surface area contributed by atoms with Crippen molar-refractivity contribution in [3.05, 3.63) is 16.1 Å². The molecule has 22 heavy (non-hydrogen) atoms. The lowest BCUT2D eigenvalue weighted by molar-refractivity contribution is 0.0633. The average molecular weight is 372 g/mol. The highest BCUT2D eigenvalue weighted by Gasteiger charge is 2.29. The Morgan fingerprint density at radius 1 is 1.18 bits per heavy atom. The predicted molar refractivity (Wildman–Crippen MR) is 88.1 cm³/mol. The van der Waals surface area contributed by atoms with Gasteiger partial charge in [0.15, 0.2) is 11.5 Å². The number of benzene rings is 1. The monoisotopic (exact) mass is 371 g/mol. The molecule has 1 amide bonds. The second-order valence-corrected chi connectivity index (χ2v) is 6.14. The third-order valence-corrected chi connectivity index (χ3v) is 4.85. The number of nitrogens with zero attached hydrogens (tertiary/aromatic N) is 1. The van der Waals surface area contributed by atoms with Gasteiger partial charge in [0, 0.05) is 12.6 Å². The van der Waals surface area contributed by atoms with Crippen molar-refractivity contribution in [3.8, 4) is 17.2 Å². The van der Waals surface area contributed by atoms with Gasteiger partial charge in [-0.3, -0.25) is 4.79 Å². The van der Waals surface area contributed by atoms with Gasteiger partial charge in [0.1, 0.15) is 0 Å². The molecule has 5 nitrogen and oxygen atoms in total. The van der Waals surface area contributed by atoms with Crippen LogP contribution < -0.4 is 14.2 Å². The van der Waals surface area contributed by atoms with E-state index in [0.29, 0.717) is 27.3 Å². The molecule has 1 saturated heterocycles. The Morgan fingerprint density at radius 2 is 1.86 bits per heavy atom. The molecule has 0 N–H and O–H groups in total. The minimum Gasteiger partial charge on any atom is -0.493 e. The maximum atomic E-state index is 12.9. The summed E-state index contributed by atoms with van der Waals surface area (Å²) in [6.45, 7) is 2.87. The number of rotatable bonds is 4. The van der Waals surface area contributed by atoms with Crippen LogP contribution in [0.1, 0.15) is 36.5 Å². The maximum Gasteiger partial charge on any atom is 0.255 e. The zero-order valence-corrected chi connectivity index (χ0v) is 15.0. The maximum absolute atomic E-state index is 12.9. The number of methoxy groups -OCH3 is 3. The second-order valence-electron chi connectivity index (χ2n) is 5.35. The molecule has 1 aromatic carbocycles. The topological polar surface area (TPSA) is 48.0 Å². The lowest BCUT2D eigenvalue weighted by Crippen LogP contribution is -2.42. The molecule has 122 valence electrons. The first-order valence-electron chi connectivity index (χ1n) is 7.34. The Morgan fingerprint density at radius 3 is 2.41 bits per heavy atom. The van der Waals surface area contributed by atoms with Crippen LogP contribution in [0.4, 0.5) is 0 Å². The van der Waals surface area contributed by atoms with E-state index in [9.17, 15) is 4.79 Å². The molecule has 6 heteroatoms. The van der Waals surface area contributed by atoms with E-state index in [2.05, 4.69) is 22.9 Å². The molecule has 1 aliphatic heterocycles. The van der Waals surface area contributed by atoms with Gasteiger partial charge in [-0.1, -0.05) is 0 Å². The predicted octanol–water partition coefficient (Wildman–Crippen LogP) is 3.49. The third kappa shape index (κ3) is 3.02. The van der Waals surface area contributed by atoms with Gasteiger partial charge in [-0.2, -0.15) is 0 Å². The minimum absolute atomic E-state index is 0.0154. The van der Waals surface area contributed by atoms with Gasteiger partial charge in [0.05, 0.1) is 31.4 Å². The quantitative estimate of drug-likeness (QED) is 0.812. The first-order chi connectivity index (χ1) is 10.5. The molecule has 1 aliphatic rings. The van der Waals surface area contributed by atoms with Gasteiger partial charge >= 0.3 is 0 Å². The second kappa shape index (κ2) is 7.22. The normalized spacial score (nSPS) is 18.0. The Balaban J connectivity index is 2.48. The zero-order chi connectivity index (χ0) is 16.3. The summed E-state index contributed by atoms with van der Waals surface area (Å²) in [6, 6.07) is 1.95. The number of ether oxygens (including phenoxy) is 3. The van der Waals surface area contributed by atoms with Crippen LogP contribution in [-0.4, -0.2) is 44.7 Å². The van der Waals surface area contributed by atoms with Gasteiger partial charge in [-0.25, -0.2) is 0 Å². The molecule has 1 aromatic rings. The van der Waals surface area contributed by atoms with Crippen LogP contribution in [-0.2, 0) is 0 Å². The molecule has 1 heterocycles. The number of halogens is 1. The van der Waals surface area contributed by atoms with Crippen molar-refractivity contribution in [1.29, 1.82) is 0 Å². The van der Waals surface area contributed by atoms with Crippen LogP contribution in [0.15, 0.2) is 10.5 Å². The van der Waals surface area contributed by atoms with E-state index in [1.807, 2.05) is 4.90 Å². The van der Waals surface area contributed by atoms with Gasteiger partial charge in [-0.05, 0) is 48.2 Å². The fraction of sp³-hybridized carbons (Fsp3) is 0.562. The number of carbonyl (C=O) groups excluding carboxylic acids is 1. The first-order valence-corrected chi connectivity index (χ1v) is 8.13. The highest BCUT2D eigenvalue weighted by Crippen LogP contribution is 2.45. The van der Waals surface area contributed by atoms with Gasteiger partial charge in [-0.15, -0.1) is 0 Å². The lowest BCUT2D eigenvalue weighted by atomic mass is 10.0. The van der Waals surface area contributed by atoms with Crippen LogP contribution >= 0.6 is 15.9 Å². The van der Waals surface area contributed by atoms with E-state index in [1.54, 1.807) is 27.4 Å². The molecule has 0 bridgehead atoms. The van der Waals surface area contributed by atoms with E-state index >= 15 is 0 Å². The van der Waals surface area contributed by atoms with Gasteiger partial charge < -0.3 is 19.1 Å². The Kier molecular flexibility index (Phi) is 5.56. The van der Waals surface area contributed by atoms with E-state index < -0.39 is 0 Å². The molecule has 1 atom stereocenters. The van der Waals surface area contributed by atoms with Crippen LogP contribution in [0.25, 0.3) is 0 Å². The van der Waals surface area contributed by atoms with E-state index in [0.717, 1.165) is 19.4 Å². The largest absolute Gasteiger partial charge is 0.493 e. The smallest absolute Gasteiger partial charge is 0.255 e. The highest BCUT2D eigenvalue weighted by atomic mass is 79.9. The summed E-state index contributed by atoms with van der Waals surface area (Å²) in [7, 11) is 4.63. The van der Waals surface area contributed by atoms with E-state index in [-0.39, 0.29) is 11.9 Å². The van der Waals surface area contributed by atoms with Crippen LogP contribution in [0, 0.1) is 0 Å². The molecule has 1 fully saturated rings. The minimum atomic E-state index is -0.0154. The van der Waals surface area contributed by atoms with Crippen molar-refractivity contribution < 1.29 is 19.0 Å². The van der Waals surface area contributed by atoms with Crippen LogP contribution in [0.5, 0.6) is 17.2 Å². The molecule has 0 aliphatic carbocycles. The SMILES string of the molecule is COc1cc(C(=O)N2CCCCC2C)c(Br)c(OC)c1OC. The van der Waals surface area contributed by atoms with Crippen molar-refractivity contribution in [3.63, 3.8) is 0 Å². The summed E-state index contributed by atoms with van der Waals surface area (Å²) in [5, 5.41) is 0. The van der Waals surface area contributed by atoms with Crippen LogP contribution in [0.2, 0.25) is 0 Å². The Bertz CT molecular complexity index is 562. The standard InChI is InChI=1S/C16H22BrNO4/c1-10-7-5-6-8-18(10)16(19)11-9-12(20-2)14(21-3)15(22-4)13(11)17/h9-10H,5-8H2,1-4H3. The van der Waals surface area contributed by atoms with Crippen molar-refractivity contribution in [2.24, 2.45) is 0 Å². The number of likely N-dealkylation sites (tertiary alicyclic amines) is 1. The van der Waals surface area contributed by atoms with E-state index in [1.165, 1.54) is 6.42 Å². The fourth-order valence-corrected chi connectivity index (χ4v) is 3.46. The van der Waals surface area contributed by atoms with Gasteiger partial charge in [0.25, 0.3) is 5.91 Å². The van der Waals surface area contributed by atoms with Gasteiger partial charge in [0.2, 0.25) is 5.75 Å². The molecule has 1 unspecified atom stereocenters. The molecular formula is C16H22BrNO4. The first kappa shape index (κ1) is 16.9. The lowest BCUT2D eigenvalue weighted by Gasteiger charge is -2.34. The molecule has 2 rings (SSSR count). The van der Waals surface area contributed by atoms with Crippen molar-refractivity contribution in [1.82, 2.24) is 4.90 Å². The molecule has 0 aromatic heterocycles. The van der Waals surface area contributed by atoms with Crippen molar-refractivity contribution in [2.45, 2.75) is 32.2 Å². The fourth-order valence-electron chi connectivity index (χ4n) is 2.83. The summed E-state index contributed by atoms with van der Waals surface area (Å²) < 4.78 is 16.7. The summed E-state index contributed by atoms with van der Waals surface area (Å²) in [6.07, 6.45) is 3.24. The average Bonchev–Trinajstić information content (AvgIpc) is 2.54. The van der Waals surface area contributed by atoms with Crippen LogP contribution in [0.3, 0.4) is 0 Å². The highest BCUT2D eigenvalue weighted by molar-refractivity contribution is 9.10. The summed E-state index contributed by atoms with van der Waals surface area (Å²) in [5.74, 6) is 1.41. The number of hydrogen-bond donors (Lipinski definition) is 0. The Hall–Kier alpha value is -1.43. The Labute approximate surface area is 139 Å². The molecule has 0 saturated carbocycles. The molecular weight excluding hydrogens is 350 g/mol. The number of amides is 1. The number of hydrogen-bond acceptors (Lipinski definition) is 4. The van der Waals surface area contributed by atoms with Crippen molar-refractivity contribution >= 4 is 21.8 Å². The number of piperidine rings is 1.